The van der Waals surface area contributed by atoms with E-state index < -0.39 is 42.7 Å². The van der Waals surface area contributed by atoms with E-state index in [1.807, 2.05) is 0 Å². The first-order valence-electron chi connectivity index (χ1n) is 6.66. The number of hydrogen-bond acceptors (Lipinski definition) is 7. The van der Waals surface area contributed by atoms with Gasteiger partial charge in [-0.1, -0.05) is 0 Å². The van der Waals surface area contributed by atoms with Gasteiger partial charge in [0.25, 0.3) is 0 Å². The molecule has 0 aromatic carbocycles. The minimum Gasteiger partial charge on any atom is -0.450 e. The molecule has 0 spiro atoms. The van der Waals surface area contributed by atoms with Crippen LogP contribution in [0, 0.1) is 0 Å². The van der Waals surface area contributed by atoms with Crippen molar-refractivity contribution in [1.82, 2.24) is 9.55 Å². The smallest absolute Gasteiger partial charge is 0.412 e. The van der Waals surface area contributed by atoms with Crippen molar-refractivity contribution in [3.63, 3.8) is 0 Å². The van der Waals surface area contributed by atoms with Crippen LogP contribution in [0.3, 0.4) is 0 Å². The lowest BCUT2D eigenvalue weighted by molar-refractivity contribution is -0.140. The van der Waals surface area contributed by atoms with Gasteiger partial charge < -0.3 is 19.7 Å². The first-order chi connectivity index (χ1) is 10.8. The number of aliphatic hydroxyl groups excluding tert-OH is 2. The van der Waals surface area contributed by atoms with E-state index in [0.717, 1.165) is 12.3 Å². The number of amides is 1. The molecule has 2 rings (SSSR count). The Morgan fingerprint density at radius 1 is 1.61 bits per heavy atom. The molecule has 1 aliphatic heterocycles. The fraction of sp³-hybridized carbons (Fsp3) is 0.583. The van der Waals surface area contributed by atoms with Crippen LogP contribution in [0.15, 0.2) is 17.1 Å². The minimum atomic E-state index is -3.88. The fourth-order valence-corrected chi connectivity index (χ4v) is 2.12. The average Bonchev–Trinajstić information content (AvgIpc) is 2.71. The van der Waals surface area contributed by atoms with E-state index in [0.29, 0.717) is 4.57 Å². The zero-order valence-electron chi connectivity index (χ0n) is 12.0. The van der Waals surface area contributed by atoms with Gasteiger partial charge in [0.05, 0.1) is 13.2 Å². The number of aromatic nitrogens is 2. The summed E-state index contributed by atoms with van der Waals surface area (Å²) >= 11 is 0. The summed E-state index contributed by atoms with van der Waals surface area (Å²) in [5.74, 6) is -4.23. The van der Waals surface area contributed by atoms with Crippen molar-refractivity contribution in [1.29, 1.82) is 0 Å². The Labute approximate surface area is 128 Å². The molecule has 2 heterocycles. The summed E-state index contributed by atoms with van der Waals surface area (Å²) in [5, 5.41) is 20.6. The van der Waals surface area contributed by atoms with Crippen LogP contribution in [0.25, 0.3) is 0 Å². The van der Waals surface area contributed by atoms with E-state index in [-0.39, 0.29) is 12.4 Å². The van der Waals surface area contributed by atoms with E-state index in [9.17, 15) is 23.5 Å². The van der Waals surface area contributed by atoms with Gasteiger partial charge in [-0.15, -0.1) is 0 Å². The Hall–Kier alpha value is -2.11. The van der Waals surface area contributed by atoms with Gasteiger partial charge in [-0.05, 0) is 13.0 Å². The third-order valence-corrected chi connectivity index (χ3v) is 3.18. The molecule has 0 bridgehead atoms. The number of anilines is 1. The van der Waals surface area contributed by atoms with E-state index >= 15 is 0 Å². The van der Waals surface area contributed by atoms with Gasteiger partial charge >= 0.3 is 17.7 Å². The highest BCUT2D eigenvalue weighted by molar-refractivity contribution is 5.83. The lowest BCUT2D eigenvalue weighted by atomic mass is 10.1. The zero-order valence-corrected chi connectivity index (χ0v) is 12.0. The van der Waals surface area contributed by atoms with Crippen LogP contribution in [0.4, 0.5) is 19.4 Å². The minimum absolute atomic E-state index is 0.0303. The van der Waals surface area contributed by atoms with Gasteiger partial charge in [-0.25, -0.2) is 19.1 Å². The SMILES string of the molecule is CCOC(=O)Nc1ccnc(=O)n1[C@@H]1O[C@H](CO)[C@@H](O)C1(F)F. The number of carbonyl (C=O) groups is 1. The lowest BCUT2D eigenvalue weighted by Crippen LogP contribution is -2.42. The third kappa shape index (κ3) is 3.16. The molecule has 1 amide bonds. The number of aliphatic hydroxyl groups is 2. The van der Waals surface area contributed by atoms with Crippen LogP contribution >= 0.6 is 0 Å². The van der Waals surface area contributed by atoms with Gasteiger partial charge in [0.15, 0.2) is 6.10 Å². The highest BCUT2D eigenvalue weighted by Crippen LogP contribution is 2.43. The number of rotatable bonds is 4. The predicted molar refractivity (Wildman–Crippen MR) is 71.1 cm³/mol. The molecule has 1 saturated heterocycles. The molecule has 9 nitrogen and oxygen atoms in total. The molecule has 23 heavy (non-hydrogen) atoms. The standard InChI is InChI=1S/C12H15F2N3O6/c1-2-22-11(21)16-7-3-4-15-10(20)17(7)9-12(13,14)8(19)6(5-18)23-9/h3-4,6,8-9,18-19H,2,5H2,1H3,(H,16,21)/t6-,8-,9-/m1/s1. The van der Waals surface area contributed by atoms with Crippen LogP contribution in [-0.4, -0.2) is 57.2 Å². The van der Waals surface area contributed by atoms with Crippen LogP contribution in [0.5, 0.6) is 0 Å². The quantitative estimate of drug-likeness (QED) is 0.690. The number of ether oxygens (including phenoxy) is 2. The van der Waals surface area contributed by atoms with Crippen LogP contribution in [0.2, 0.25) is 0 Å². The molecule has 11 heteroatoms. The molecule has 3 atom stereocenters. The topological polar surface area (TPSA) is 123 Å². The van der Waals surface area contributed by atoms with Gasteiger partial charge in [-0.2, -0.15) is 8.78 Å². The highest BCUT2D eigenvalue weighted by atomic mass is 19.3. The van der Waals surface area contributed by atoms with E-state index in [4.69, 9.17) is 9.84 Å². The average molecular weight is 335 g/mol. The molecule has 0 aliphatic carbocycles. The van der Waals surface area contributed by atoms with Crippen molar-refractivity contribution in [2.24, 2.45) is 0 Å². The van der Waals surface area contributed by atoms with Crippen LogP contribution in [-0.2, 0) is 9.47 Å². The second-order valence-corrected chi connectivity index (χ2v) is 4.66. The van der Waals surface area contributed by atoms with Gasteiger partial charge in [0.1, 0.15) is 11.9 Å². The molecular formula is C12H15F2N3O6. The van der Waals surface area contributed by atoms with Crippen molar-refractivity contribution in [3.8, 4) is 0 Å². The van der Waals surface area contributed by atoms with Gasteiger partial charge in [-0.3, -0.25) is 5.32 Å². The predicted octanol–water partition coefficient (Wildman–Crippen LogP) is -0.302. The lowest BCUT2D eigenvalue weighted by Gasteiger charge is -2.23. The number of nitrogens with zero attached hydrogens (tertiary/aromatic N) is 2. The molecule has 1 aliphatic rings. The van der Waals surface area contributed by atoms with E-state index in [1.165, 1.54) is 6.92 Å². The first-order valence-corrected chi connectivity index (χ1v) is 6.66. The summed E-state index contributed by atoms with van der Waals surface area (Å²) in [7, 11) is 0. The number of carbonyl (C=O) groups excluding carboxylic acids is 1. The zero-order chi connectivity index (χ0) is 17.2. The Bertz CT molecular complexity index is 637. The molecule has 3 N–H and O–H groups in total. The summed E-state index contributed by atoms with van der Waals surface area (Å²) in [6.07, 6.45) is -6.11. The maximum Gasteiger partial charge on any atom is 0.412 e. The highest BCUT2D eigenvalue weighted by Gasteiger charge is 2.60. The molecule has 1 aromatic rings. The van der Waals surface area contributed by atoms with Crippen molar-refractivity contribution in [2.75, 3.05) is 18.5 Å². The van der Waals surface area contributed by atoms with Gasteiger partial charge in [0, 0.05) is 6.20 Å². The summed E-state index contributed by atoms with van der Waals surface area (Å²) in [6, 6.07) is 1.09. The molecule has 1 fully saturated rings. The van der Waals surface area contributed by atoms with E-state index in [1.54, 1.807) is 0 Å². The van der Waals surface area contributed by atoms with Gasteiger partial charge in [0.2, 0.25) is 6.23 Å². The largest absolute Gasteiger partial charge is 0.450 e. The molecule has 0 unspecified atom stereocenters. The van der Waals surface area contributed by atoms with E-state index in [2.05, 4.69) is 15.0 Å². The Kier molecular flexibility index (Phi) is 4.92. The molecular weight excluding hydrogens is 320 g/mol. The number of halogens is 2. The van der Waals surface area contributed by atoms with Crippen LogP contribution < -0.4 is 11.0 Å². The van der Waals surface area contributed by atoms with Crippen LogP contribution in [0.1, 0.15) is 13.2 Å². The summed E-state index contributed by atoms with van der Waals surface area (Å²) < 4.78 is 38.2. The number of alkyl halides is 2. The number of nitrogens with one attached hydrogen (secondary N) is 1. The van der Waals surface area contributed by atoms with Crippen molar-refractivity contribution >= 4 is 11.9 Å². The second-order valence-electron chi connectivity index (χ2n) is 4.66. The van der Waals surface area contributed by atoms with Crippen molar-refractivity contribution < 1.29 is 33.3 Å². The number of hydrogen-bond donors (Lipinski definition) is 3. The third-order valence-electron chi connectivity index (χ3n) is 3.18. The molecule has 0 radical (unpaired) electrons. The summed E-state index contributed by atoms with van der Waals surface area (Å²) in [4.78, 5) is 26.6. The Morgan fingerprint density at radius 3 is 2.87 bits per heavy atom. The molecule has 128 valence electrons. The van der Waals surface area contributed by atoms with Crippen molar-refractivity contribution in [2.45, 2.75) is 31.3 Å². The maximum atomic E-state index is 14.2. The Morgan fingerprint density at radius 2 is 2.30 bits per heavy atom. The normalized spacial score (nSPS) is 26.0. The Balaban J connectivity index is 2.43. The summed E-state index contributed by atoms with van der Waals surface area (Å²) in [6.45, 7) is 0.696. The molecule has 0 saturated carbocycles. The monoisotopic (exact) mass is 335 g/mol. The maximum absolute atomic E-state index is 14.2. The van der Waals surface area contributed by atoms with Crippen molar-refractivity contribution in [3.05, 3.63) is 22.7 Å². The first kappa shape index (κ1) is 17.2. The summed E-state index contributed by atoms with van der Waals surface area (Å²) in [5.41, 5.74) is -1.13. The fourth-order valence-electron chi connectivity index (χ4n) is 2.12. The molecule has 1 aromatic heterocycles. The second kappa shape index (κ2) is 6.56.